The second-order valence-electron chi connectivity index (χ2n) is 3.77. The molecule has 2 rings (SSSR count). The molecule has 90 valence electrons. The Balaban J connectivity index is 2.31. The van der Waals surface area contributed by atoms with Gasteiger partial charge in [-0.2, -0.15) is 5.10 Å². The molecule has 2 aromatic heterocycles. The molecule has 0 saturated carbocycles. The highest BCUT2D eigenvalue weighted by molar-refractivity contribution is 5.86. The normalized spacial score (nSPS) is 10.7. The van der Waals surface area contributed by atoms with Crippen molar-refractivity contribution in [1.82, 2.24) is 19.7 Å². The molecule has 2 heterocycles. The Kier molecular flexibility index (Phi) is 2.90. The first-order valence-electron chi connectivity index (χ1n) is 5.15. The van der Waals surface area contributed by atoms with E-state index >= 15 is 0 Å². The van der Waals surface area contributed by atoms with Crippen LogP contribution < -0.4 is 4.90 Å². The quantitative estimate of drug-likeness (QED) is 0.819. The molecule has 7 heteroatoms. The maximum absolute atomic E-state index is 10.5. The van der Waals surface area contributed by atoms with Crippen molar-refractivity contribution in [2.24, 2.45) is 7.05 Å². The lowest BCUT2D eigenvalue weighted by atomic mass is 10.3. The number of carboxylic acid groups (broad SMARTS) is 1. The zero-order valence-corrected chi connectivity index (χ0v) is 9.66. The second kappa shape index (κ2) is 4.36. The molecular weight excluding hydrogens is 222 g/mol. The molecule has 0 radical (unpaired) electrons. The Bertz CT molecular complexity index is 551. The van der Waals surface area contributed by atoms with Crippen molar-refractivity contribution in [2.45, 2.75) is 6.42 Å². The largest absolute Gasteiger partial charge is 0.481 e. The average molecular weight is 235 g/mol. The van der Waals surface area contributed by atoms with Crippen LogP contribution in [0.4, 0.5) is 5.82 Å². The van der Waals surface area contributed by atoms with Crippen LogP contribution in [0.25, 0.3) is 11.0 Å². The number of nitrogens with zero attached hydrogens (tertiary/aromatic N) is 5. The van der Waals surface area contributed by atoms with Crippen molar-refractivity contribution in [3.63, 3.8) is 0 Å². The summed E-state index contributed by atoms with van der Waals surface area (Å²) in [5, 5.41) is 13.6. The maximum atomic E-state index is 10.5. The van der Waals surface area contributed by atoms with E-state index in [0.29, 0.717) is 12.4 Å². The van der Waals surface area contributed by atoms with Crippen molar-refractivity contribution in [3.8, 4) is 0 Å². The number of aryl methyl sites for hydroxylation is 1. The third kappa shape index (κ3) is 2.17. The number of fused-ring (bicyclic) bond motifs is 1. The molecule has 7 nitrogen and oxygen atoms in total. The Labute approximate surface area is 97.7 Å². The highest BCUT2D eigenvalue weighted by atomic mass is 16.4. The third-order valence-electron chi connectivity index (χ3n) is 2.53. The molecule has 0 amide bonds. The van der Waals surface area contributed by atoms with Crippen molar-refractivity contribution < 1.29 is 9.90 Å². The van der Waals surface area contributed by atoms with E-state index in [9.17, 15) is 4.79 Å². The van der Waals surface area contributed by atoms with E-state index in [1.165, 1.54) is 6.33 Å². The number of anilines is 1. The molecule has 0 aliphatic rings. The summed E-state index contributed by atoms with van der Waals surface area (Å²) in [5.41, 5.74) is 0.733. The first-order valence-corrected chi connectivity index (χ1v) is 5.15. The summed E-state index contributed by atoms with van der Waals surface area (Å²) in [6.45, 7) is 0.399. The predicted octanol–water partition coefficient (Wildman–Crippen LogP) is 0.274. The number of carboxylic acids is 1. The van der Waals surface area contributed by atoms with Gasteiger partial charge in [-0.05, 0) is 0 Å². The van der Waals surface area contributed by atoms with Crippen LogP contribution in [0, 0.1) is 0 Å². The van der Waals surface area contributed by atoms with E-state index in [1.807, 2.05) is 0 Å². The Morgan fingerprint density at radius 2 is 2.29 bits per heavy atom. The molecule has 17 heavy (non-hydrogen) atoms. The smallest absolute Gasteiger partial charge is 0.305 e. The number of hydrogen-bond acceptors (Lipinski definition) is 5. The first kappa shape index (κ1) is 11.3. The van der Waals surface area contributed by atoms with E-state index in [2.05, 4.69) is 15.1 Å². The summed E-state index contributed by atoms with van der Waals surface area (Å²) in [7, 11) is 3.61. The van der Waals surface area contributed by atoms with Gasteiger partial charge in [-0.3, -0.25) is 9.48 Å². The molecule has 0 unspecified atom stereocenters. The van der Waals surface area contributed by atoms with Gasteiger partial charge in [0.2, 0.25) is 0 Å². The van der Waals surface area contributed by atoms with Gasteiger partial charge in [-0.1, -0.05) is 0 Å². The molecule has 0 aliphatic carbocycles. The van der Waals surface area contributed by atoms with Crippen LogP contribution in [0.1, 0.15) is 6.42 Å². The molecule has 0 atom stereocenters. The third-order valence-corrected chi connectivity index (χ3v) is 2.53. The molecule has 2 aromatic rings. The number of aliphatic carboxylic acids is 1. The molecule has 0 spiro atoms. The van der Waals surface area contributed by atoms with Crippen LogP contribution >= 0.6 is 0 Å². The summed E-state index contributed by atoms with van der Waals surface area (Å²) < 4.78 is 1.66. The number of rotatable bonds is 4. The molecule has 0 aromatic carbocycles. The summed E-state index contributed by atoms with van der Waals surface area (Å²) in [4.78, 5) is 20.6. The minimum absolute atomic E-state index is 0.0717. The number of carbonyl (C=O) groups is 1. The molecule has 0 saturated heterocycles. The van der Waals surface area contributed by atoms with Gasteiger partial charge in [0.25, 0.3) is 0 Å². The van der Waals surface area contributed by atoms with Gasteiger partial charge in [-0.25, -0.2) is 9.97 Å². The Morgan fingerprint density at radius 3 is 3.00 bits per heavy atom. The summed E-state index contributed by atoms with van der Waals surface area (Å²) in [6, 6.07) is 0. The highest BCUT2D eigenvalue weighted by Crippen LogP contribution is 2.20. The monoisotopic (exact) mass is 235 g/mol. The lowest BCUT2D eigenvalue weighted by Crippen LogP contribution is -2.22. The van der Waals surface area contributed by atoms with Gasteiger partial charge in [0, 0.05) is 20.6 Å². The average Bonchev–Trinajstić information content (AvgIpc) is 2.68. The minimum atomic E-state index is -0.826. The van der Waals surface area contributed by atoms with Crippen LogP contribution in [0.15, 0.2) is 12.5 Å². The van der Waals surface area contributed by atoms with Crippen molar-refractivity contribution in [1.29, 1.82) is 0 Å². The van der Waals surface area contributed by atoms with Crippen LogP contribution in [-0.2, 0) is 11.8 Å². The van der Waals surface area contributed by atoms with Gasteiger partial charge in [0.15, 0.2) is 5.65 Å². The van der Waals surface area contributed by atoms with Gasteiger partial charge in [-0.15, -0.1) is 0 Å². The van der Waals surface area contributed by atoms with Crippen molar-refractivity contribution >= 4 is 22.8 Å². The topological polar surface area (TPSA) is 84.1 Å². The van der Waals surface area contributed by atoms with E-state index in [4.69, 9.17) is 5.11 Å². The van der Waals surface area contributed by atoms with Crippen LogP contribution in [0.3, 0.4) is 0 Å². The van der Waals surface area contributed by atoms with Gasteiger partial charge in [0.1, 0.15) is 12.1 Å². The van der Waals surface area contributed by atoms with Gasteiger partial charge in [0.05, 0.1) is 18.0 Å². The van der Waals surface area contributed by atoms with Crippen LogP contribution in [-0.4, -0.2) is 44.4 Å². The lowest BCUT2D eigenvalue weighted by Gasteiger charge is -2.17. The van der Waals surface area contributed by atoms with Crippen molar-refractivity contribution in [2.75, 3.05) is 18.5 Å². The van der Waals surface area contributed by atoms with Gasteiger partial charge >= 0.3 is 5.97 Å². The number of aromatic nitrogens is 4. The SMILES string of the molecule is CN(CCC(=O)O)c1ncnc2c1cnn2C. The lowest BCUT2D eigenvalue weighted by molar-refractivity contribution is -0.136. The Morgan fingerprint density at radius 1 is 1.53 bits per heavy atom. The van der Waals surface area contributed by atoms with Crippen LogP contribution in [0.5, 0.6) is 0 Å². The fourth-order valence-corrected chi connectivity index (χ4v) is 1.62. The molecule has 1 N–H and O–H groups in total. The van der Waals surface area contributed by atoms with E-state index < -0.39 is 5.97 Å². The van der Waals surface area contributed by atoms with E-state index in [0.717, 1.165) is 11.0 Å². The van der Waals surface area contributed by atoms with Gasteiger partial charge < -0.3 is 10.0 Å². The van der Waals surface area contributed by atoms with E-state index in [1.54, 1.807) is 29.9 Å². The molecular formula is C10H13N5O2. The highest BCUT2D eigenvalue weighted by Gasteiger charge is 2.12. The fourth-order valence-electron chi connectivity index (χ4n) is 1.62. The molecule has 0 bridgehead atoms. The standard InChI is InChI=1S/C10H13N5O2/c1-14(4-3-8(16)17)9-7-5-13-15(2)10(7)12-6-11-9/h5-6H,3-4H2,1-2H3,(H,16,17). The zero-order chi connectivity index (χ0) is 12.4. The predicted molar refractivity (Wildman–Crippen MR) is 61.8 cm³/mol. The summed E-state index contributed by atoms with van der Waals surface area (Å²) in [6.07, 6.45) is 3.21. The van der Waals surface area contributed by atoms with E-state index in [-0.39, 0.29) is 6.42 Å². The Hall–Kier alpha value is -2.18. The zero-order valence-electron chi connectivity index (χ0n) is 9.66. The first-order chi connectivity index (χ1) is 8.09. The van der Waals surface area contributed by atoms with Crippen molar-refractivity contribution in [3.05, 3.63) is 12.5 Å². The number of hydrogen-bond donors (Lipinski definition) is 1. The summed E-state index contributed by atoms with van der Waals surface area (Å²) >= 11 is 0. The van der Waals surface area contributed by atoms with Crippen LogP contribution in [0.2, 0.25) is 0 Å². The fraction of sp³-hybridized carbons (Fsp3) is 0.400. The second-order valence-corrected chi connectivity index (χ2v) is 3.77. The maximum Gasteiger partial charge on any atom is 0.305 e. The molecule has 0 aliphatic heterocycles. The summed E-state index contributed by atoms with van der Waals surface area (Å²) in [5.74, 6) is -0.127. The minimum Gasteiger partial charge on any atom is -0.481 e. The molecule has 0 fully saturated rings.